The third-order valence-electron chi connectivity index (χ3n) is 6.17. The van der Waals surface area contributed by atoms with E-state index in [9.17, 15) is 33.6 Å². The number of aromatic nitrogens is 1. The van der Waals surface area contributed by atoms with Crippen LogP contribution in [0.15, 0.2) is 85.1 Å². The van der Waals surface area contributed by atoms with Gasteiger partial charge in [0.05, 0.1) is 22.6 Å². The lowest BCUT2D eigenvalue weighted by molar-refractivity contribution is -0.385. The Balaban J connectivity index is 1.56. The molecule has 0 bridgehead atoms. The number of carboxylic acids is 1. The SMILES string of the molecule is C[C@H](NC(=O)c1cccnc1N[C@H](COc1ccc([N+](=O)[O-])c(C(=O)O)c1)c1ccccc1)c1ccc(F)c(F)c1. The summed E-state index contributed by atoms with van der Waals surface area (Å²) in [6, 6.07) is 17.7. The maximum Gasteiger partial charge on any atom is 0.342 e. The number of nitrogens with zero attached hydrogens (tertiary/aromatic N) is 2. The number of carbonyl (C=O) groups excluding carboxylic acids is 1. The van der Waals surface area contributed by atoms with Crippen LogP contribution in [0.25, 0.3) is 0 Å². The minimum atomic E-state index is -1.47. The van der Waals surface area contributed by atoms with E-state index in [-0.39, 0.29) is 23.7 Å². The molecule has 0 saturated carbocycles. The fourth-order valence-corrected chi connectivity index (χ4v) is 4.03. The molecule has 0 unspecified atom stereocenters. The molecule has 41 heavy (non-hydrogen) atoms. The van der Waals surface area contributed by atoms with E-state index < -0.39 is 51.8 Å². The number of halogens is 2. The molecule has 4 aromatic rings. The summed E-state index contributed by atoms with van der Waals surface area (Å²) in [7, 11) is 0. The number of nitro groups is 1. The van der Waals surface area contributed by atoms with Crippen molar-refractivity contribution in [2.45, 2.75) is 19.0 Å². The Morgan fingerprint density at radius 3 is 2.41 bits per heavy atom. The Morgan fingerprint density at radius 1 is 0.976 bits per heavy atom. The quantitative estimate of drug-likeness (QED) is 0.156. The highest BCUT2D eigenvalue weighted by Crippen LogP contribution is 2.27. The summed E-state index contributed by atoms with van der Waals surface area (Å²) in [5.41, 5.74) is 0.210. The fourth-order valence-electron chi connectivity index (χ4n) is 4.03. The molecule has 1 heterocycles. The van der Waals surface area contributed by atoms with Crippen molar-refractivity contribution in [2.24, 2.45) is 0 Å². The molecule has 3 aromatic carbocycles. The van der Waals surface area contributed by atoms with Gasteiger partial charge in [-0.1, -0.05) is 36.4 Å². The highest BCUT2D eigenvalue weighted by molar-refractivity contribution is 5.99. The summed E-state index contributed by atoms with van der Waals surface area (Å²) in [6.07, 6.45) is 1.48. The maximum atomic E-state index is 13.7. The highest BCUT2D eigenvalue weighted by atomic mass is 19.2. The summed E-state index contributed by atoms with van der Waals surface area (Å²) in [6.45, 7) is 1.56. The number of hydrogen-bond acceptors (Lipinski definition) is 7. The zero-order valence-electron chi connectivity index (χ0n) is 21.6. The van der Waals surface area contributed by atoms with Gasteiger partial charge in [-0.15, -0.1) is 0 Å². The van der Waals surface area contributed by atoms with Gasteiger partial charge < -0.3 is 20.5 Å². The van der Waals surface area contributed by atoms with Crippen LogP contribution in [-0.4, -0.2) is 33.5 Å². The fraction of sp³-hybridized carbons (Fsp3) is 0.138. The molecule has 0 aliphatic carbocycles. The molecule has 0 aliphatic rings. The topological polar surface area (TPSA) is 144 Å². The molecule has 0 saturated heterocycles. The van der Waals surface area contributed by atoms with Crippen molar-refractivity contribution in [1.29, 1.82) is 0 Å². The van der Waals surface area contributed by atoms with Crippen molar-refractivity contribution in [3.8, 4) is 5.75 Å². The van der Waals surface area contributed by atoms with E-state index in [0.29, 0.717) is 5.56 Å². The molecule has 2 atom stereocenters. The van der Waals surface area contributed by atoms with Crippen LogP contribution in [0.2, 0.25) is 0 Å². The summed E-state index contributed by atoms with van der Waals surface area (Å²) in [5, 5.41) is 26.5. The number of hydrogen-bond donors (Lipinski definition) is 3. The zero-order valence-corrected chi connectivity index (χ0v) is 21.6. The Labute approximate surface area is 232 Å². The number of carbonyl (C=O) groups is 2. The van der Waals surface area contributed by atoms with Crippen molar-refractivity contribution in [3.05, 3.63) is 129 Å². The second kappa shape index (κ2) is 12.6. The first-order valence-electron chi connectivity index (χ1n) is 12.3. The predicted octanol–water partition coefficient (Wildman–Crippen LogP) is 5.69. The van der Waals surface area contributed by atoms with Crippen LogP contribution >= 0.6 is 0 Å². The molecule has 0 fully saturated rings. The number of amides is 1. The van der Waals surface area contributed by atoms with E-state index >= 15 is 0 Å². The second-order valence-electron chi connectivity index (χ2n) is 8.93. The lowest BCUT2D eigenvalue weighted by Crippen LogP contribution is -2.29. The number of aromatic carboxylic acids is 1. The van der Waals surface area contributed by atoms with Gasteiger partial charge in [0, 0.05) is 18.3 Å². The zero-order chi connectivity index (χ0) is 29.5. The third kappa shape index (κ3) is 6.98. The number of anilines is 1. The Morgan fingerprint density at radius 2 is 1.73 bits per heavy atom. The summed E-state index contributed by atoms with van der Waals surface area (Å²) in [5.74, 6) is -3.71. The lowest BCUT2D eigenvalue weighted by atomic mass is 10.1. The number of nitro benzene ring substituents is 1. The molecule has 4 rings (SSSR count). The van der Waals surface area contributed by atoms with Crippen LogP contribution in [-0.2, 0) is 0 Å². The average molecular weight is 563 g/mol. The van der Waals surface area contributed by atoms with Crippen LogP contribution in [0.3, 0.4) is 0 Å². The minimum absolute atomic E-state index is 0.0657. The first-order valence-corrected chi connectivity index (χ1v) is 12.3. The largest absolute Gasteiger partial charge is 0.491 e. The maximum absolute atomic E-state index is 13.7. The van der Waals surface area contributed by atoms with Gasteiger partial charge in [-0.25, -0.2) is 18.6 Å². The molecule has 210 valence electrons. The van der Waals surface area contributed by atoms with Crippen LogP contribution in [0.4, 0.5) is 20.3 Å². The van der Waals surface area contributed by atoms with Crippen molar-refractivity contribution in [2.75, 3.05) is 11.9 Å². The van der Waals surface area contributed by atoms with Crippen LogP contribution in [0.1, 0.15) is 50.9 Å². The first-order chi connectivity index (χ1) is 19.6. The number of ether oxygens (including phenoxy) is 1. The van der Waals surface area contributed by atoms with Crippen LogP contribution in [0.5, 0.6) is 5.75 Å². The molecule has 12 heteroatoms. The van der Waals surface area contributed by atoms with E-state index in [1.54, 1.807) is 31.2 Å². The van der Waals surface area contributed by atoms with Gasteiger partial charge >= 0.3 is 5.97 Å². The molecule has 3 N–H and O–H groups in total. The number of rotatable bonds is 11. The Hall–Kier alpha value is -5.39. The van der Waals surface area contributed by atoms with Gasteiger partial charge in [0.2, 0.25) is 0 Å². The van der Waals surface area contributed by atoms with Crippen LogP contribution < -0.4 is 15.4 Å². The van der Waals surface area contributed by atoms with E-state index in [0.717, 1.165) is 29.8 Å². The number of carboxylic acid groups (broad SMARTS) is 1. The number of benzene rings is 3. The van der Waals surface area contributed by atoms with Gasteiger partial charge in [0.15, 0.2) is 11.6 Å². The third-order valence-corrected chi connectivity index (χ3v) is 6.17. The van der Waals surface area contributed by atoms with E-state index in [1.807, 2.05) is 18.2 Å². The molecule has 0 spiro atoms. The van der Waals surface area contributed by atoms with Crippen molar-refractivity contribution in [1.82, 2.24) is 10.3 Å². The molecule has 0 radical (unpaired) electrons. The molecule has 1 aromatic heterocycles. The summed E-state index contributed by atoms with van der Waals surface area (Å²) in [4.78, 5) is 39.4. The molecular weight excluding hydrogens is 538 g/mol. The highest BCUT2D eigenvalue weighted by Gasteiger charge is 2.23. The molecule has 10 nitrogen and oxygen atoms in total. The van der Waals surface area contributed by atoms with Gasteiger partial charge in [-0.3, -0.25) is 14.9 Å². The van der Waals surface area contributed by atoms with Crippen molar-refractivity contribution in [3.63, 3.8) is 0 Å². The molecule has 1 amide bonds. The van der Waals surface area contributed by atoms with E-state index in [1.165, 1.54) is 18.3 Å². The van der Waals surface area contributed by atoms with E-state index in [2.05, 4.69) is 15.6 Å². The van der Waals surface area contributed by atoms with Crippen molar-refractivity contribution < 1.29 is 33.1 Å². The predicted molar refractivity (Wildman–Crippen MR) is 145 cm³/mol. The average Bonchev–Trinajstić information content (AvgIpc) is 2.97. The normalized spacial score (nSPS) is 12.2. The minimum Gasteiger partial charge on any atom is -0.491 e. The smallest absolute Gasteiger partial charge is 0.342 e. The summed E-state index contributed by atoms with van der Waals surface area (Å²) < 4.78 is 32.9. The lowest BCUT2D eigenvalue weighted by Gasteiger charge is -2.22. The Bertz CT molecular complexity index is 1590. The number of pyridine rings is 1. The van der Waals surface area contributed by atoms with Gasteiger partial charge in [0.1, 0.15) is 23.7 Å². The van der Waals surface area contributed by atoms with Gasteiger partial charge in [-0.05, 0) is 48.4 Å². The van der Waals surface area contributed by atoms with Gasteiger partial charge in [0.25, 0.3) is 11.6 Å². The summed E-state index contributed by atoms with van der Waals surface area (Å²) >= 11 is 0. The van der Waals surface area contributed by atoms with Crippen molar-refractivity contribution >= 4 is 23.4 Å². The van der Waals surface area contributed by atoms with Crippen LogP contribution in [0, 0.1) is 21.7 Å². The van der Waals surface area contributed by atoms with E-state index in [4.69, 9.17) is 4.74 Å². The van der Waals surface area contributed by atoms with Gasteiger partial charge in [-0.2, -0.15) is 0 Å². The Kier molecular flexibility index (Phi) is 8.82. The standard InChI is InChI=1S/C29H24F2N4O6/c1-17(19-9-11-23(30)24(31)14-19)33-28(36)21-8-5-13-32-27(21)34-25(18-6-3-2-4-7-18)16-41-20-10-12-26(35(39)40)22(15-20)29(37)38/h2-15,17,25H,16H2,1H3,(H,32,34)(H,33,36)(H,37,38)/t17-,25+/m0/s1. The first kappa shape index (κ1) is 28.6. The second-order valence-corrected chi connectivity index (χ2v) is 8.93. The number of nitrogens with one attached hydrogen (secondary N) is 2. The molecule has 0 aliphatic heterocycles. The monoisotopic (exact) mass is 562 g/mol. The molecular formula is C29H24F2N4O6.